The highest BCUT2D eigenvalue weighted by molar-refractivity contribution is 6.06. The zero-order chi connectivity index (χ0) is 23.2. The smallest absolute Gasteiger partial charge is 0.265 e. The van der Waals surface area contributed by atoms with Crippen LogP contribution in [0.3, 0.4) is 0 Å². The van der Waals surface area contributed by atoms with Crippen LogP contribution in [-0.4, -0.2) is 37.5 Å². The summed E-state index contributed by atoms with van der Waals surface area (Å²) in [7, 11) is 0. The molecule has 2 N–H and O–H groups in total. The number of amides is 3. The summed E-state index contributed by atoms with van der Waals surface area (Å²) in [5.41, 5.74) is 2.17. The van der Waals surface area contributed by atoms with Crippen molar-refractivity contribution in [3.05, 3.63) is 78.4 Å². The molecule has 168 valence electrons. The summed E-state index contributed by atoms with van der Waals surface area (Å²) in [6.07, 6.45) is 0. The van der Waals surface area contributed by atoms with E-state index in [1.807, 2.05) is 6.92 Å². The number of carbonyl (C=O) groups is 3. The van der Waals surface area contributed by atoms with Crippen LogP contribution < -0.4 is 25.0 Å². The van der Waals surface area contributed by atoms with Crippen molar-refractivity contribution in [1.29, 1.82) is 0 Å². The molecule has 0 fully saturated rings. The van der Waals surface area contributed by atoms with E-state index in [2.05, 4.69) is 10.6 Å². The minimum atomic E-state index is -0.355. The molecule has 0 aromatic heterocycles. The Morgan fingerprint density at radius 3 is 2.33 bits per heavy atom. The maximum Gasteiger partial charge on any atom is 0.265 e. The van der Waals surface area contributed by atoms with E-state index in [0.717, 1.165) is 5.75 Å². The van der Waals surface area contributed by atoms with Crippen LogP contribution in [0.2, 0.25) is 0 Å². The molecule has 0 saturated carbocycles. The van der Waals surface area contributed by atoms with Crippen LogP contribution >= 0.6 is 0 Å². The zero-order valence-electron chi connectivity index (χ0n) is 18.0. The summed E-state index contributed by atoms with van der Waals surface area (Å²) >= 11 is 0. The highest BCUT2D eigenvalue weighted by Gasteiger charge is 2.26. The monoisotopic (exact) mass is 445 g/mol. The van der Waals surface area contributed by atoms with E-state index in [0.29, 0.717) is 35.0 Å². The van der Waals surface area contributed by atoms with Gasteiger partial charge in [0.2, 0.25) is 5.91 Å². The molecule has 0 aliphatic carbocycles. The Kier molecular flexibility index (Phi) is 6.54. The Morgan fingerprint density at radius 2 is 1.61 bits per heavy atom. The molecule has 0 unspecified atom stereocenters. The molecule has 3 aromatic carbocycles. The molecule has 0 spiro atoms. The lowest BCUT2D eigenvalue weighted by Crippen LogP contribution is -2.43. The first-order valence-electron chi connectivity index (χ1n) is 10.5. The maximum absolute atomic E-state index is 12.5. The topological polar surface area (TPSA) is 97.0 Å². The number of ether oxygens (including phenoxy) is 2. The number of hydrogen-bond acceptors (Lipinski definition) is 5. The van der Waals surface area contributed by atoms with Crippen molar-refractivity contribution in [3.63, 3.8) is 0 Å². The standard InChI is InChI=1S/C25H23N3O5/c1-2-32-20-13-11-19(12-14-20)27-25(31)17-7-9-18(10-8-17)26-23(29)15-28-21-5-3-4-6-22(21)33-16-24(28)30/h3-14H,2,15-16H2,1H3,(H,26,29)(H,27,31). The summed E-state index contributed by atoms with van der Waals surface area (Å²) < 4.78 is 10.8. The fourth-order valence-electron chi connectivity index (χ4n) is 3.38. The Balaban J connectivity index is 1.35. The number of fused-ring (bicyclic) bond motifs is 1. The van der Waals surface area contributed by atoms with E-state index in [1.165, 1.54) is 4.90 Å². The number of anilines is 3. The Morgan fingerprint density at radius 1 is 0.939 bits per heavy atom. The predicted octanol–water partition coefficient (Wildman–Crippen LogP) is 3.70. The third kappa shape index (κ3) is 5.30. The van der Waals surface area contributed by atoms with Crippen LogP contribution in [0.15, 0.2) is 72.8 Å². The van der Waals surface area contributed by atoms with E-state index in [9.17, 15) is 14.4 Å². The van der Waals surface area contributed by atoms with Gasteiger partial charge < -0.3 is 20.1 Å². The normalized spacial score (nSPS) is 12.4. The van der Waals surface area contributed by atoms with Gasteiger partial charge in [-0.2, -0.15) is 0 Å². The lowest BCUT2D eigenvalue weighted by atomic mass is 10.2. The van der Waals surface area contributed by atoms with Gasteiger partial charge in [-0.3, -0.25) is 19.3 Å². The zero-order valence-corrected chi connectivity index (χ0v) is 18.0. The van der Waals surface area contributed by atoms with Crippen LogP contribution in [0, 0.1) is 0 Å². The molecule has 3 aromatic rings. The maximum atomic E-state index is 12.5. The van der Waals surface area contributed by atoms with Gasteiger partial charge in [-0.25, -0.2) is 0 Å². The van der Waals surface area contributed by atoms with Crippen LogP contribution in [0.4, 0.5) is 17.1 Å². The molecule has 0 saturated heterocycles. The van der Waals surface area contributed by atoms with E-state index >= 15 is 0 Å². The quantitative estimate of drug-likeness (QED) is 0.578. The molecule has 1 aliphatic rings. The molecule has 1 aliphatic heterocycles. The Bertz CT molecular complexity index is 1160. The van der Waals surface area contributed by atoms with Crippen LogP contribution in [0.1, 0.15) is 17.3 Å². The summed E-state index contributed by atoms with van der Waals surface area (Å²) in [5.74, 6) is 0.384. The van der Waals surface area contributed by atoms with Gasteiger partial charge in [0.1, 0.15) is 18.0 Å². The van der Waals surface area contributed by atoms with Crippen molar-refractivity contribution in [2.45, 2.75) is 6.92 Å². The van der Waals surface area contributed by atoms with Crippen molar-refractivity contribution in [1.82, 2.24) is 0 Å². The van der Waals surface area contributed by atoms with E-state index in [1.54, 1.807) is 72.8 Å². The number of nitrogens with one attached hydrogen (secondary N) is 2. The predicted molar refractivity (Wildman–Crippen MR) is 125 cm³/mol. The molecular weight excluding hydrogens is 422 g/mol. The van der Waals surface area contributed by atoms with Crippen molar-refractivity contribution >= 4 is 34.8 Å². The number of nitrogens with zero attached hydrogens (tertiary/aromatic N) is 1. The summed E-state index contributed by atoms with van der Waals surface area (Å²) in [5, 5.41) is 5.57. The molecule has 1 heterocycles. The second-order valence-electron chi connectivity index (χ2n) is 7.27. The van der Waals surface area contributed by atoms with E-state index < -0.39 is 0 Å². The number of carbonyl (C=O) groups excluding carboxylic acids is 3. The summed E-state index contributed by atoms with van der Waals surface area (Å²) in [6.45, 7) is 2.23. The van der Waals surface area contributed by atoms with Crippen LogP contribution in [-0.2, 0) is 9.59 Å². The second kappa shape index (κ2) is 9.86. The van der Waals surface area contributed by atoms with Crippen molar-refractivity contribution in [2.24, 2.45) is 0 Å². The second-order valence-corrected chi connectivity index (χ2v) is 7.27. The third-order valence-electron chi connectivity index (χ3n) is 4.96. The summed E-state index contributed by atoms with van der Waals surface area (Å²) in [4.78, 5) is 38.7. The average molecular weight is 445 g/mol. The molecule has 33 heavy (non-hydrogen) atoms. The van der Waals surface area contributed by atoms with Gasteiger partial charge in [0.15, 0.2) is 6.61 Å². The molecule has 8 nitrogen and oxygen atoms in total. The van der Waals surface area contributed by atoms with E-state index in [4.69, 9.17) is 9.47 Å². The van der Waals surface area contributed by atoms with Crippen molar-refractivity contribution in [2.75, 3.05) is 35.3 Å². The largest absolute Gasteiger partial charge is 0.494 e. The van der Waals surface area contributed by atoms with Gasteiger partial charge in [0, 0.05) is 16.9 Å². The molecule has 0 atom stereocenters. The van der Waals surface area contributed by atoms with Gasteiger partial charge in [-0.05, 0) is 67.6 Å². The fraction of sp³-hybridized carbons (Fsp3) is 0.160. The van der Waals surface area contributed by atoms with Gasteiger partial charge in [-0.1, -0.05) is 12.1 Å². The highest BCUT2D eigenvalue weighted by atomic mass is 16.5. The first-order valence-corrected chi connectivity index (χ1v) is 10.5. The summed E-state index contributed by atoms with van der Waals surface area (Å²) in [6, 6.07) is 20.7. The van der Waals surface area contributed by atoms with Crippen LogP contribution in [0.25, 0.3) is 0 Å². The molecule has 0 bridgehead atoms. The first kappa shape index (κ1) is 21.9. The number of benzene rings is 3. The van der Waals surface area contributed by atoms with Gasteiger partial charge in [0.05, 0.1) is 12.3 Å². The van der Waals surface area contributed by atoms with Crippen molar-refractivity contribution in [3.8, 4) is 11.5 Å². The van der Waals surface area contributed by atoms with Gasteiger partial charge in [0.25, 0.3) is 11.8 Å². The lowest BCUT2D eigenvalue weighted by molar-refractivity contribution is -0.123. The number of hydrogen-bond donors (Lipinski definition) is 2. The highest BCUT2D eigenvalue weighted by Crippen LogP contribution is 2.31. The lowest BCUT2D eigenvalue weighted by Gasteiger charge is -2.28. The minimum absolute atomic E-state index is 0.109. The number of rotatable bonds is 7. The molecule has 8 heteroatoms. The molecule has 4 rings (SSSR count). The minimum Gasteiger partial charge on any atom is -0.494 e. The van der Waals surface area contributed by atoms with Crippen LogP contribution in [0.5, 0.6) is 11.5 Å². The average Bonchev–Trinajstić information content (AvgIpc) is 2.83. The first-order chi connectivity index (χ1) is 16.0. The molecule has 0 radical (unpaired) electrons. The van der Waals surface area contributed by atoms with E-state index in [-0.39, 0.29) is 30.9 Å². The number of para-hydroxylation sites is 2. The molecule has 3 amide bonds. The Hall–Kier alpha value is -4.33. The van der Waals surface area contributed by atoms with Crippen molar-refractivity contribution < 1.29 is 23.9 Å². The molecular formula is C25H23N3O5. The Labute approximate surface area is 191 Å². The SMILES string of the molecule is CCOc1ccc(NC(=O)c2ccc(NC(=O)CN3C(=O)COc4ccccc43)cc2)cc1. The van der Waals surface area contributed by atoms with Gasteiger partial charge in [-0.15, -0.1) is 0 Å². The fourth-order valence-corrected chi connectivity index (χ4v) is 3.38. The third-order valence-corrected chi connectivity index (χ3v) is 4.96. The van der Waals surface area contributed by atoms with Gasteiger partial charge >= 0.3 is 0 Å².